The maximum Gasteiger partial charge on any atom is 0.119 e. The molecule has 2 aromatic carbocycles. The van der Waals surface area contributed by atoms with Gasteiger partial charge in [-0.15, -0.1) is 0 Å². The third-order valence-electron chi connectivity index (χ3n) is 3.91. The number of nitrogens with zero attached hydrogens (tertiary/aromatic N) is 1. The van der Waals surface area contributed by atoms with Crippen LogP contribution in [0.4, 0.5) is 0 Å². The summed E-state index contributed by atoms with van der Waals surface area (Å²) in [6, 6.07) is 21.4. The van der Waals surface area contributed by atoms with Crippen molar-refractivity contribution >= 4 is 0 Å². The molecule has 0 amide bonds. The van der Waals surface area contributed by atoms with Crippen molar-refractivity contribution in [2.24, 2.45) is 0 Å². The predicted molar refractivity (Wildman–Crippen MR) is 103 cm³/mol. The molecule has 3 heteroatoms. The zero-order chi connectivity index (χ0) is 18.0. The van der Waals surface area contributed by atoms with Crippen LogP contribution in [0.15, 0.2) is 79.1 Å². The van der Waals surface area contributed by atoms with Crippen LogP contribution >= 0.6 is 0 Å². The summed E-state index contributed by atoms with van der Waals surface area (Å²) in [5.74, 6) is 6.99. The van der Waals surface area contributed by atoms with E-state index in [0.717, 1.165) is 28.9 Å². The van der Waals surface area contributed by atoms with Gasteiger partial charge in [-0.2, -0.15) is 0 Å². The summed E-state index contributed by atoms with van der Waals surface area (Å²) in [7, 11) is 0. The first-order valence-corrected chi connectivity index (χ1v) is 8.66. The number of pyridine rings is 1. The SMILES string of the molecule is O[C@H](CCc1cccnc1)COc1ccc(C#Cc2ccccc2)cc1. The van der Waals surface area contributed by atoms with E-state index in [0.29, 0.717) is 6.42 Å². The number of aliphatic hydroxyl groups excluding tert-OH is 1. The van der Waals surface area contributed by atoms with Gasteiger partial charge >= 0.3 is 0 Å². The fourth-order valence-corrected chi connectivity index (χ4v) is 2.46. The molecule has 26 heavy (non-hydrogen) atoms. The second kappa shape index (κ2) is 9.41. The molecule has 0 aliphatic heterocycles. The molecular formula is C23H21NO2. The summed E-state index contributed by atoms with van der Waals surface area (Å²) < 4.78 is 5.66. The van der Waals surface area contributed by atoms with Crippen LogP contribution in [0.25, 0.3) is 0 Å². The molecule has 3 nitrogen and oxygen atoms in total. The molecule has 1 atom stereocenters. The topological polar surface area (TPSA) is 42.4 Å². The van der Waals surface area contributed by atoms with Crippen molar-refractivity contribution in [1.29, 1.82) is 0 Å². The maximum absolute atomic E-state index is 10.1. The van der Waals surface area contributed by atoms with E-state index in [2.05, 4.69) is 16.8 Å². The van der Waals surface area contributed by atoms with Crippen molar-refractivity contribution in [1.82, 2.24) is 4.98 Å². The molecule has 0 aliphatic rings. The Morgan fingerprint density at radius 2 is 1.62 bits per heavy atom. The Labute approximate surface area is 154 Å². The van der Waals surface area contributed by atoms with Gasteiger partial charge in [-0.3, -0.25) is 4.98 Å². The maximum atomic E-state index is 10.1. The first-order chi connectivity index (χ1) is 12.8. The number of benzene rings is 2. The van der Waals surface area contributed by atoms with E-state index in [9.17, 15) is 5.11 Å². The highest BCUT2D eigenvalue weighted by molar-refractivity contribution is 5.44. The summed E-state index contributed by atoms with van der Waals surface area (Å²) in [6.07, 6.45) is 4.49. The Balaban J connectivity index is 1.46. The van der Waals surface area contributed by atoms with Crippen LogP contribution in [0.3, 0.4) is 0 Å². The lowest BCUT2D eigenvalue weighted by Crippen LogP contribution is -2.18. The second-order valence-electron chi connectivity index (χ2n) is 6.01. The van der Waals surface area contributed by atoms with E-state index in [-0.39, 0.29) is 6.61 Å². The number of aromatic nitrogens is 1. The van der Waals surface area contributed by atoms with E-state index in [4.69, 9.17) is 4.74 Å². The molecule has 0 aliphatic carbocycles. The summed E-state index contributed by atoms with van der Waals surface area (Å²) in [4.78, 5) is 4.07. The Kier molecular flexibility index (Phi) is 6.41. The lowest BCUT2D eigenvalue weighted by atomic mass is 10.1. The minimum atomic E-state index is -0.507. The van der Waals surface area contributed by atoms with Crippen LogP contribution < -0.4 is 4.74 Å². The molecule has 3 aromatic rings. The average Bonchev–Trinajstić information content (AvgIpc) is 2.71. The van der Waals surface area contributed by atoms with E-state index in [1.54, 1.807) is 6.20 Å². The highest BCUT2D eigenvalue weighted by Crippen LogP contribution is 2.13. The van der Waals surface area contributed by atoms with Crippen LogP contribution in [0.1, 0.15) is 23.1 Å². The zero-order valence-corrected chi connectivity index (χ0v) is 14.5. The van der Waals surface area contributed by atoms with Gasteiger partial charge in [0.25, 0.3) is 0 Å². The largest absolute Gasteiger partial charge is 0.491 e. The van der Waals surface area contributed by atoms with Gasteiger partial charge in [0, 0.05) is 23.5 Å². The van der Waals surface area contributed by atoms with Gasteiger partial charge < -0.3 is 9.84 Å². The molecule has 0 radical (unpaired) electrons. The number of hydrogen-bond donors (Lipinski definition) is 1. The van der Waals surface area contributed by atoms with Crippen LogP contribution in [-0.2, 0) is 6.42 Å². The van der Waals surface area contributed by atoms with Gasteiger partial charge in [-0.25, -0.2) is 0 Å². The van der Waals surface area contributed by atoms with Crippen molar-refractivity contribution in [3.8, 4) is 17.6 Å². The first kappa shape index (κ1) is 17.7. The number of aliphatic hydroxyl groups is 1. The molecule has 0 spiro atoms. The van der Waals surface area contributed by atoms with E-state index in [1.165, 1.54) is 0 Å². The minimum Gasteiger partial charge on any atom is -0.491 e. The Morgan fingerprint density at radius 1 is 0.885 bits per heavy atom. The van der Waals surface area contributed by atoms with Gasteiger partial charge in [0.2, 0.25) is 0 Å². The second-order valence-corrected chi connectivity index (χ2v) is 6.01. The lowest BCUT2D eigenvalue weighted by Gasteiger charge is -2.12. The van der Waals surface area contributed by atoms with Gasteiger partial charge in [0.05, 0.1) is 6.10 Å². The molecule has 1 N–H and O–H groups in total. The highest BCUT2D eigenvalue weighted by atomic mass is 16.5. The van der Waals surface area contributed by atoms with Gasteiger partial charge in [-0.05, 0) is 60.9 Å². The molecule has 0 fully saturated rings. The Hall–Kier alpha value is -3.09. The monoisotopic (exact) mass is 343 g/mol. The fraction of sp³-hybridized carbons (Fsp3) is 0.174. The average molecular weight is 343 g/mol. The first-order valence-electron chi connectivity index (χ1n) is 8.66. The molecule has 0 unspecified atom stereocenters. The Morgan fingerprint density at radius 3 is 2.31 bits per heavy atom. The van der Waals surface area contributed by atoms with Crippen LogP contribution in [0, 0.1) is 11.8 Å². The van der Waals surface area contributed by atoms with Crippen molar-refractivity contribution in [3.63, 3.8) is 0 Å². The highest BCUT2D eigenvalue weighted by Gasteiger charge is 2.06. The smallest absolute Gasteiger partial charge is 0.119 e. The van der Waals surface area contributed by atoms with Crippen molar-refractivity contribution in [3.05, 3.63) is 95.8 Å². The fourth-order valence-electron chi connectivity index (χ4n) is 2.46. The number of rotatable bonds is 6. The van der Waals surface area contributed by atoms with Crippen molar-refractivity contribution < 1.29 is 9.84 Å². The van der Waals surface area contributed by atoms with Crippen molar-refractivity contribution in [2.45, 2.75) is 18.9 Å². The molecule has 3 rings (SSSR count). The van der Waals surface area contributed by atoms with Gasteiger partial charge in [-0.1, -0.05) is 36.1 Å². The third-order valence-corrected chi connectivity index (χ3v) is 3.91. The molecular weight excluding hydrogens is 322 g/mol. The molecule has 0 saturated heterocycles. The number of hydrogen-bond acceptors (Lipinski definition) is 3. The van der Waals surface area contributed by atoms with Crippen LogP contribution in [-0.4, -0.2) is 22.8 Å². The molecule has 0 bridgehead atoms. The van der Waals surface area contributed by atoms with E-state index in [1.807, 2.05) is 72.9 Å². The van der Waals surface area contributed by atoms with Crippen LogP contribution in [0.2, 0.25) is 0 Å². The molecule has 130 valence electrons. The van der Waals surface area contributed by atoms with Crippen LogP contribution in [0.5, 0.6) is 5.75 Å². The number of ether oxygens (including phenoxy) is 1. The summed E-state index contributed by atoms with van der Waals surface area (Å²) >= 11 is 0. The van der Waals surface area contributed by atoms with Crippen molar-refractivity contribution in [2.75, 3.05) is 6.61 Å². The normalized spacial score (nSPS) is 11.3. The van der Waals surface area contributed by atoms with E-state index < -0.39 is 6.10 Å². The zero-order valence-electron chi connectivity index (χ0n) is 14.5. The Bertz CT molecular complexity index is 849. The standard InChI is InChI=1S/C23H21NO2/c25-22(13-10-21-7-4-16-24-17-21)18-26-23-14-11-20(12-15-23)9-8-19-5-2-1-3-6-19/h1-7,11-12,14-17,22,25H,10,13,18H2/t22-/m1/s1. The molecule has 1 heterocycles. The summed E-state index contributed by atoms with van der Waals surface area (Å²) in [5.41, 5.74) is 3.04. The lowest BCUT2D eigenvalue weighted by molar-refractivity contribution is 0.100. The van der Waals surface area contributed by atoms with Gasteiger partial charge in [0.1, 0.15) is 12.4 Å². The number of aryl methyl sites for hydroxylation is 1. The minimum absolute atomic E-state index is 0.273. The quantitative estimate of drug-likeness (QED) is 0.691. The molecule has 0 saturated carbocycles. The van der Waals surface area contributed by atoms with E-state index >= 15 is 0 Å². The summed E-state index contributed by atoms with van der Waals surface area (Å²) in [6.45, 7) is 0.273. The predicted octanol–water partition coefficient (Wildman–Crippen LogP) is 3.85. The molecule has 1 aromatic heterocycles. The third kappa shape index (κ3) is 5.77. The van der Waals surface area contributed by atoms with Gasteiger partial charge in [0.15, 0.2) is 0 Å². The summed E-state index contributed by atoms with van der Waals surface area (Å²) in [5, 5.41) is 10.1.